The first-order chi connectivity index (χ1) is 13.6. The zero-order chi connectivity index (χ0) is 21.6. The van der Waals surface area contributed by atoms with E-state index in [1.807, 2.05) is 0 Å². The van der Waals surface area contributed by atoms with Gasteiger partial charge in [0.1, 0.15) is 0 Å². The summed E-state index contributed by atoms with van der Waals surface area (Å²) in [6, 6.07) is 6.03. The smallest absolute Gasteiger partial charge is 0.413 e. The number of nitrogens with one attached hydrogen (secondary N) is 2. The maximum atomic E-state index is 12.5. The lowest BCUT2D eigenvalue weighted by Gasteiger charge is -2.14. The number of ether oxygens (including phenoxy) is 1. The summed E-state index contributed by atoms with van der Waals surface area (Å²) in [5.41, 5.74) is 0.368. The van der Waals surface area contributed by atoms with Crippen LogP contribution in [-0.2, 0) is 19.6 Å². The van der Waals surface area contributed by atoms with Crippen molar-refractivity contribution in [2.45, 2.75) is 28.3 Å². The lowest BCUT2D eigenvalue weighted by molar-refractivity contribution is -0.115. The summed E-state index contributed by atoms with van der Waals surface area (Å²) < 4.78 is 30.8. The van der Waals surface area contributed by atoms with E-state index >= 15 is 0 Å². The van der Waals surface area contributed by atoms with E-state index in [0.717, 1.165) is 27.4 Å². The van der Waals surface area contributed by atoms with Gasteiger partial charge in [-0.25, -0.2) is 17.5 Å². The average molecular weight is 460 g/mol. The third-order valence-corrected chi connectivity index (χ3v) is 7.25. The molecule has 1 atom stereocenters. The third kappa shape index (κ3) is 6.39. The molecule has 0 aliphatic rings. The molecule has 2 N–H and O–H groups in total. The van der Waals surface area contributed by atoms with Crippen molar-refractivity contribution in [3.8, 4) is 0 Å². The van der Waals surface area contributed by atoms with Crippen LogP contribution in [0.1, 0.15) is 13.8 Å². The van der Waals surface area contributed by atoms with Crippen molar-refractivity contribution in [3.05, 3.63) is 24.3 Å². The van der Waals surface area contributed by atoms with Gasteiger partial charge in [0, 0.05) is 19.8 Å². The Bertz CT molecular complexity index is 977. The van der Waals surface area contributed by atoms with Crippen LogP contribution < -0.4 is 10.6 Å². The Labute approximate surface area is 177 Å². The first-order valence-corrected chi connectivity index (χ1v) is 11.5. The summed E-state index contributed by atoms with van der Waals surface area (Å²) in [4.78, 5) is 23.9. The number of anilines is 2. The maximum absolute atomic E-state index is 12.5. The fraction of sp³-hybridized carbons (Fsp3) is 0.375. The van der Waals surface area contributed by atoms with E-state index in [1.54, 1.807) is 26.0 Å². The molecular weight excluding hydrogens is 438 g/mol. The molecule has 0 fully saturated rings. The molecule has 158 valence electrons. The van der Waals surface area contributed by atoms with Gasteiger partial charge in [0.2, 0.25) is 21.1 Å². The molecule has 0 bridgehead atoms. The first-order valence-electron chi connectivity index (χ1n) is 8.41. The molecule has 0 aliphatic carbocycles. The molecule has 13 heteroatoms. The number of amides is 2. The Morgan fingerprint density at radius 1 is 1.28 bits per heavy atom. The number of benzene rings is 1. The second kappa shape index (κ2) is 10.0. The molecule has 2 amide bonds. The lowest BCUT2D eigenvalue weighted by atomic mass is 10.3. The molecule has 0 radical (unpaired) electrons. The van der Waals surface area contributed by atoms with Crippen molar-refractivity contribution in [1.29, 1.82) is 0 Å². The first kappa shape index (κ1) is 23.1. The number of aromatic nitrogens is 2. The van der Waals surface area contributed by atoms with E-state index in [-0.39, 0.29) is 22.5 Å². The van der Waals surface area contributed by atoms with Crippen LogP contribution in [0.15, 0.2) is 33.5 Å². The Morgan fingerprint density at radius 2 is 2.00 bits per heavy atom. The van der Waals surface area contributed by atoms with Gasteiger partial charge in [-0.05, 0) is 32.0 Å². The summed E-state index contributed by atoms with van der Waals surface area (Å²) in [5, 5.41) is 12.6. The van der Waals surface area contributed by atoms with Crippen molar-refractivity contribution in [2.24, 2.45) is 0 Å². The van der Waals surface area contributed by atoms with Gasteiger partial charge in [-0.15, -0.1) is 10.2 Å². The number of carbonyl (C=O) groups excluding carboxylic acids is 2. The topological polar surface area (TPSA) is 131 Å². The largest absolute Gasteiger partial charge is 0.450 e. The number of hydrogen-bond donors (Lipinski definition) is 2. The highest BCUT2D eigenvalue weighted by Crippen LogP contribution is 2.29. The van der Waals surface area contributed by atoms with Crippen LogP contribution in [0.5, 0.6) is 0 Å². The molecule has 2 rings (SSSR count). The minimum atomic E-state index is -3.60. The number of nitrogens with zero attached hydrogens (tertiary/aromatic N) is 3. The molecule has 0 spiro atoms. The molecule has 0 saturated heterocycles. The van der Waals surface area contributed by atoms with Crippen LogP contribution in [0.2, 0.25) is 0 Å². The van der Waals surface area contributed by atoms with E-state index in [9.17, 15) is 18.0 Å². The highest BCUT2D eigenvalue weighted by atomic mass is 32.2. The maximum Gasteiger partial charge on any atom is 0.413 e. The molecule has 1 aromatic carbocycles. The SMILES string of the molecule is CCOC(=O)Nc1nnc(SC(C)C(=O)Nc2cccc(S(=O)(=O)N(C)C)c2)s1. The van der Waals surface area contributed by atoms with Crippen LogP contribution in [0.4, 0.5) is 15.6 Å². The molecular formula is C16H21N5O5S3. The summed E-state index contributed by atoms with van der Waals surface area (Å²) in [6.07, 6.45) is -0.626. The van der Waals surface area contributed by atoms with Crippen LogP contribution in [0.25, 0.3) is 0 Å². The highest BCUT2D eigenvalue weighted by molar-refractivity contribution is 8.02. The Hall–Kier alpha value is -2.22. The molecule has 2 aromatic rings. The summed E-state index contributed by atoms with van der Waals surface area (Å²) >= 11 is 2.27. The van der Waals surface area contributed by atoms with Crippen LogP contribution >= 0.6 is 23.1 Å². The normalized spacial score (nSPS) is 12.4. The molecule has 0 saturated carbocycles. The molecule has 1 aromatic heterocycles. The third-order valence-electron chi connectivity index (χ3n) is 3.42. The van der Waals surface area contributed by atoms with E-state index in [0.29, 0.717) is 10.0 Å². The molecule has 10 nitrogen and oxygen atoms in total. The van der Waals surface area contributed by atoms with Crippen molar-refractivity contribution >= 4 is 55.9 Å². The lowest BCUT2D eigenvalue weighted by Crippen LogP contribution is -2.24. The molecule has 0 aliphatic heterocycles. The van der Waals surface area contributed by atoms with Crippen molar-refractivity contribution in [2.75, 3.05) is 31.3 Å². The quantitative estimate of drug-likeness (QED) is 0.455. The predicted octanol–water partition coefficient (Wildman–Crippen LogP) is 2.48. The van der Waals surface area contributed by atoms with Gasteiger partial charge in [0.15, 0.2) is 4.34 Å². The number of hydrogen-bond acceptors (Lipinski definition) is 9. The Morgan fingerprint density at radius 3 is 2.66 bits per heavy atom. The molecule has 1 heterocycles. The van der Waals surface area contributed by atoms with Gasteiger partial charge in [-0.2, -0.15) is 0 Å². The monoisotopic (exact) mass is 459 g/mol. The van der Waals surface area contributed by atoms with Gasteiger partial charge in [-0.3, -0.25) is 10.1 Å². The van der Waals surface area contributed by atoms with Gasteiger partial charge in [0.05, 0.1) is 16.8 Å². The van der Waals surface area contributed by atoms with Gasteiger partial charge < -0.3 is 10.1 Å². The highest BCUT2D eigenvalue weighted by Gasteiger charge is 2.20. The predicted molar refractivity (Wildman–Crippen MR) is 112 cm³/mol. The summed E-state index contributed by atoms with van der Waals surface area (Å²) in [5.74, 6) is -0.329. The summed E-state index contributed by atoms with van der Waals surface area (Å²) in [6.45, 7) is 3.60. The van der Waals surface area contributed by atoms with E-state index < -0.39 is 21.4 Å². The minimum absolute atomic E-state index is 0.0828. The van der Waals surface area contributed by atoms with Gasteiger partial charge in [-0.1, -0.05) is 29.2 Å². The van der Waals surface area contributed by atoms with Crippen LogP contribution in [0.3, 0.4) is 0 Å². The number of carbonyl (C=O) groups is 2. The summed E-state index contributed by atoms with van der Waals surface area (Å²) in [7, 11) is -0.726. The number of thioether (sulfide) groups is 1. The van der Waals surface area contributed by atoms with Crippen molar-refractivity contribution < 1.29 is 22.7 Å². The van der Waals surface area contributed by atoms with Crippen molar-refractivity contribution in [3.63, 3.8) is 0 Å². The molecule has 1 unspecified atom stereocenters. The fourth-order valence-electron chi connectivity index (χ4n) is 1.96. The number of sulfonamides is 1. The number of rotatable bonds is 8. The van der Waals surface area contributed by atoms with Gasteiger partial charge in [0.25, 0.3) is 0 Å². The van der Waals surface area contributed by atoms with Gasteiger partial charge >= 0.3 is 6.09 Å². The Kier molecular flexibility index (Phi) is 7.96. The average Bonchev–Trinajstić information content (AvgIpc) is 3.08. The van der Waals surface area contributed by atoms with E-state index in [1.165, 1.54) is 26.2 Å². The zero-order valence-corrected chi connectivity index (χ0v) is 18.7. The standard InChI is InChI=1S/C16H21N5O5S3/c1-5-26-15(23)18-14-19-20-16(28-14)27-10(2)13(22)17-11-7-6-8-12(9-11)29(24,25)21(3)4/h6-10H,5H2,1-4H3,(H,17,22)(H,18,19,23). The molecule has 29 heavy (non-hydrogen) atoms. The second-order valence-corrected chi connectivity index (χ2v) is 10.5. The zero-order valence-electron chi connectivity index (χ0n) is 16.2. The van der Waals surface area contributed by atoms with E-state index in [2.05, 4.69) is 20.8 Å². The second-order valence-electron chi connectivity index (χ2n) is 5.78. The van der Waals surface area contributed by atoms with Crippen LogP contribution in [0, 0.1) is 0 Å². The fourth-order valence-corrected chi connectivity index (χ4v) is 4.79. The van der Waals surface area contributed by atoms with Crippen molar-refractivity contribution in [1.82, 2.24) is 14.5 Å². The van der Waals surface area contributed by atoms with Crippen LogP contribution in [-0.4, -0.2) is 60.9 Å². The minimum Gasteiger partial charge on any atom is -0.450 e. The Balaban J connectivity index is 2.00. The van der Waals surface area contributed by atoms with E-state index in [4.69, 9.17) is 4.74 Å².